The van der Waals surface area contributed by atoms with Crippen molar-refractivity contribution in [3.05, 3.63) is 92.2 Å². The minimum absolute atomic E-state index is 0.00737. The van der Waals surface area contributed by atoms with Crippen molar-refractivity contribution in [2.45, 2.75) is 12.5 Å². The normalized spacial score (nSPS) is 14.6. The van der Waals surface area contributed by atoms with Gasteiger partial charge in [0.15, 0.2) is 11.6 Å². The summed E-state index contributed by atoms with van der Waals surface area (Å²) in [4.78, 5) is 32.0. The summed E-state index contributed by atoms with van der Waals surface area (Å²) < 4.78 is 21.3. The van der Waals surface area contributed by atoms with E-state index in [2.05, 4.69) is 15.9 Å². The quantitative estimate of drug-likeness (QED) is 0.398. The molecule has 174 valence electrons. The molecule has 1 N–H and O–H groups in total. The average Bonchev–Trinajstić information content (AvgIpc) is 3.24. The molecule has 0 bridgehead atoms. The minimum Gasteiger partial charge on any atom is -0.494 e. The van der Waals surface area contributed by atoms with E-state index in [0.717, 1.165) is 16.5 Å². The Morgan fingerprint density at radius 3 is 2.71 bits per heavy atom. The molecule has 0 aliphatic carbocycles. The number of carbonyl (C=O) groups is 1. The van der Waals surface area contributed by atoms with Crippen LogP contribution in [0.1, 0.15) is 23.0 Å². The lowest BCUT2D eigenvalue weighted by molar-refractivity contribution is 0.199. The number of hydrogen-bond donors (Lipinski definition) is 1. The van der Waals surface area contributed by atoms with Gasteiger partial charge in [0.25, 0.3) is 5.56 Å². The molecule has 35 heavy (non-hydrogen) atoms. The number of ether oxygens (including phenoxy) is 1. The van der Waals surface area contributed by atoms with Crippen molar-refractivity contribution in [1.29, 1.82) is 5.26 Å². The van der Waals surface area contributed by atoms with Gasteiger partial charge in [-0.2, -0.15) is 5.26 Å². The van der Waals surface area contributed by atoms with E-state index in [1.165, 1.54) is 35.9 Å². The lowest BCUT2D eigenvalue weighted by Gasteiger charge is -2.25. The monoisotopic (exact) mass is 534 g/mol. The Kier molecular flexibility index (Phi) is 5.49. The first-order chi connectivity index (χ1) is 16.8. The molecule has 0 fully saturated rings. The number of fused-ring (bicyclic) bond motifs is 2. The number of benzene rings is 3. The van der Waals surface area contributed by atoms with Crippen LogP contribution in [0.3, 0.4) is 0 Å². The van der Waals surface area contributed by atoms with E-state index >= 15 is 0 Å². The summed E-state index contributed by atoms with van der Waals surface area (Å²) >= 11 is 3.38. The highest BCUT2D eigenvalue weighted by molar-refractivity contribution is 9.10. The summed E-state index contributed by atoms with van der Waals surface area (Å²) in [6.45, 7) is 0. The fraction of sp³-hybridized carbons (Fsp3) is 0.120. The topological polar surface area (TPSA) is 108 Å². The Bertz CT molecular complexity index is 1630. The van der Waals surface area contributed by atoms with Crippen LogP contribution in [-0.4, -0.2) is 27.9 Å². The first kappa shape index (κ1) is 22.6. The zero-order valence-electron chi connectivity index (χ0n) is 18.2. The molecule has 1 aliphatic rings. The lowest BCUT2D eigenvalue weighted by Crippen LogP contribution is -2.36. The summed E-state index contributed by atoms with van der Waals surface area (Å²) in [7, 11) is 1.33. The number of carboxylic acid groups (broad SMARTS) is 1. The number of halogens is 2. The number of aromatic nitrogens is 2. The zero-order chi connectivity index (χ0) is 24.9. The molecule has 5 rings (SSSR count). The summed E-state index contributed by atoms with van der Waals surface area (Å²) in [6, 6.07) is 15.2. The molecular weight excluding hydrogens is 519 g/mol. The highest BCUT2D eigenvalue weighted by Crippen LogP contribution is 2.40. The number of nitrogens with zero attached hydrogens (tertiary/aromatic N) is 4. The van der Waals surface area contributed by atoms with Crippen molar-refractivity contribution in [2.24, 2.45) is 0 Å². The van der Waals surface area contributed by atoms with E-state index in [9.17, 15) is 24.3 Å². The summed E-state index contributed by atoms with van der Waals surface area (Å²) in [6.07, 6.45) is -0.937. The highest BCUT2D eigenvalue weighted by atomic mass is 79.9. The van der Waals surface area contributed by atoms with Gasteiger partial charge in [-0.05, 0) is 51.8 Å². The van der Waals surface area contributed by atoms with Crippen molar-refractivity contribution in [3.63, 3.8) is 0 Å². The standard InChI is InChI=1S/C25H16BrFN4O4/c1-35-21-7-6-15(11-18(21)27)30-23(20-10-14-4-2-3-5-19(14)31(20)25(33)34)29-22-16(24(30)32)8-13(12-28)9-17(22)26/h2-9,11,20H,10H2,1H3,(H,33,34)/t20-/m1/s1. The molecule has 0 spiro atoms. The van der Waals surface area contributed by atoms with Gasteiger partial charge in [-0.25, -0.2) is 14.2 Å². The molecule has 0 saturated carbocycles. The predicted molar refractivity (Wildman–Crippen MR) is 130 cm³/mol. The fourth-order valence-corrected chi connectivity index (χ4v) is 4.97. The Morgan fingerprint density at radius 2 is 2.03 bits per heavy atom. The molecule has 0 unspecified atom stereocenters. The van der Waals surface area contributed by atoms with Crippen molar-refractivity contribution in [1.82, 2.24) is 9.55 Å². The van der Waals surface area contributed by atoms with E-state index in [1.807, 2.05) is 12.1 Å². The van der Waals surface area contributed by atoms with Crippen molar-refractivity contribution < 1.29 is 19.0 Å². The molecule has 1 aliphatic heterocycles. The number of methoxy groups -OCH3 is 1. The van der Waals surface area contributed by atoms with E-state index in [0.29, 0.717) is 10.2 Å². The molecule has 10 heteroatoms. The van der Waals surface area contributed by atoms with Crippen molar-refractivity contribution in [3.8, 4) is 17.5 Å². The maximum absolute atomic E-state index is 14.7. The third kappa shape index (κ3) is 3.61. The third-order valence-corrected chi connectivity index (χ3v) is 6.56. The maximum atomic E-state index is 14.7. The van der Waals surface area contributed by atoms with Gasteiger partial charge >= 0.3 is 6.09 Å². The van der Waals surface area contributed by atoms with Crippen LogP contribution in [0.5, 0.6) is 5.75 Å². The number of hydrogen-bond acceptors (Lipinski definition) is 5. The Labute approximate surface area is 206 Å². The molecule has 1 aromatic heterocycles. The molecule has 1 amide bonds. The molecule has 4 aromatic rings. The Balaban J connectivity index is 1.85. The van der Waals surface area contributed by atoms with Gasteiger partial charge in [-0.1, -0.05) is 18.2 Å². The first-order valence-corrected chi connectivity index (χ1v) is 11.2. The number of para-hydroxylation sites is 1. The molecule has 0 radical (unpaired) electrons. The van der Waals surface area contributed by atoms with E-state index in [1.54, 1.807) is 18.2 Å². The SMILES string of the molecule is COc1ccc(-n2c([C@H]3Cc4ccccc4N3C(=O)O)nc3c(Br)cc(C#N)cc3c2=O)cc1F. The van der Waals surface area contributed by atoms with Gasteiger partial charge in [0.2, 0.25) is 0 Å². The highest BCUT2D eigenvalue weighted by Gasteiger charge is 2.38. The van der Waals surface area contributed by atoms with Crippen LogP contribution in [0.25, 0.3) is 16.6 Å². The van der Waals surface area contributed by atoms with Crippen LogP contribution in [0.4, 0.5) is 14.9 Å². The second-order valence-electron chi connectivity index (χ2n) is 7.90. The average molecular weight is 535 g/mol. The summed E-state index contributed by atoms with van der Waals surface area (Å²) in [5, 5.41) is 19.6. The van der Waals surface area contributed by atoms with Crippen LogP contribution >= 0.6 is 15.9 Å². The smallest absolute Gasteiger partial charge is 0.412 e. The number of anilines is 1. The second kappa shape index (κ2) is 8.52. The second-order valence-corrected chi connectivity index (χ2v) is 8.75. The van der Waals surface area contributed by atoms with E-state index < -0.39 is 23.5 Å². The fourth-order valence-electron chi connectivity index (χ4n) is 4.43. The maximum Gasteiger partial charge on any atom is 0.412 e. The summed E-state index contributed by atoms with van der Waals surface area (Å²) in [5.74, 6) is -0.581. The Morgan fingerprint density at radius 1 is 1.26 bits per heavy atom. The van der Waals surface area contributed by atoms with Crippen LogP contribution in [0.15, 0.2) is 63.9 Å². The molecule has 3 aromatic carbocycles. The molecule has 1 atom stereocenters. The van der Waals surface area contributed by atoms with Gasteiger partial charge in [0, 0.05) is 17.0 Å². The van der Waals surface area contributed by atoms with Crippen LogP contribution in [-0.2, 0) is 6.42 Å². The largest absolute Gasteiger partial charge is 0.494 e. The van der Waals surface area contributed by atoms with Crippen LogP contribution in [0, 0.1) is 17.1 Å². The van der Waals surface area contributed by atoms with Gasteiger partial charge in [0.05, 0.1) is 41.0 Å². The van der Waals surface area contributed by atoms with Gasteiger partial charge in [0.1, 0.15) is 11.9 Å². The lowest BCUT2D eigenvalue weighted by atomic mass is 10.1. The van der Waals surface area contributed by atoms with Crippen LogP contribution < -0.4 is 15.2 Å². The Hall–Kier alpha value is -4.23. The van der Waals surface area contributed by atoms with Gasteiger partial charge < -0.3 is 9.84 Å². The van der Waals surface area contributed by atoms with E-state index in [-0.39, 0.29) is 40.1 Å². The van der Waals surface area contributed by atoms with Crippen LogP contribution in [0.2, 0.25) is 0 Å². The number of rotatable bonds is 3. The first-order valence-electron chi connectivity index (χ1n) is 10.4. The summed E-state index contributed by atoms with van der Waals surface area (Å²) in [5.41, 5.74) is 1.37. The molecule has 0 saturated heterocycles. The number of amides is 1. The zero-order valence-corrected chi connectivity index (χ0v) is 19.8. The van der Waals surface area contributed by atoms with E-state index in [4.69, 9.17) is 9.72 Å². The predicted octanol–water partition coefficient (Wildman–Crippen LogP) is 4.95. The minimum atomic E-state index is -1.21. The molecule has 2 heterocycles. The van der Waals surface area contributed by atoms with Crippen molar-refractivity contribution in [2.75, 3.05) is 12.0 Å². The third-order valence-electron chi connectivity index (χ3n) is 5.96. The van der Waals surface area contributed by atoms with Gasteiger partial charge in [-0.15, -0.1) is 0 Å². The van der Waals surface area contributed by atoms with Gasteiger partial charge in [-0.3, -0.25) is 14.3 Å². The van der Waals surface area contributed by atoms with Crippen molar-refractivity contribution >= 4 is 38.6 Å². The number of nitriles is 1. The molecule has 8 nitrogen and oxygen atoms in total. The molecular formula is C25H16BrFN4O4.